The summed E-state index contributed by atoms with van der Waals surface area (Å²) in [6, 6.07) is 3.67. The van der Waals surface area contributed by atoms with Crippen LogP contribution in [0.15, 0.2) is 18.2 Å². The van der Waals surface area contributed by atoms with Gasteiger partial charge in [-0.25, -0.2) is 8.78 Å². The average molecular weight is 293 g/mol. The highest BCUT2D eigenvalue weighted by Gasteiger charge is 2.10. The zero-order valence-corrected chi connectivity index (χ0v) is 11.9. The maximum absolute atomic E-state index is 13.0. The molecule has 0 unspecified atom stereocenters. The number of carbonyl (C=O) groups excluding carboxylic acids is 1. The average Bonchev–Trinajstić information content (AvgIpc) is 2.34. The van der Waals surface area contributed by atoms with Gasteiger partial charge >= 0.3 is 0 Å². The molecule has 0 aliphatic carbocycles. The Bertz CT molecular complexity index is 416. The monoisotopic (exact) mass is 292 g/mol. The second-order valence-electron chi connectivity index (χ2n) is 4.21. The molecule has 0 bridgehead atoms. The minimum atomic E-state index is -0.886. The molecule has 108 valence electrons. The molecule has 0 spiro atoms. The summed E-state index contributed by atoms with van der Waals surface area (Å²) >= 11 is 0. The number of nitrogens with zero attached hydrogens (tertiary/aromatic N) is 1. The Kier molecular flexibility index (Phi) is 8.27. The molecule has 1 aromatic carbocycles. The van der Waals surface area contributed by atoms with E-state index in [1.165, 1.54) is 11.0 Å². The van der Waals surface area contributed by atoms with Gasteiger partial charge in [0.05, 0.1) is 0 Å². The second-order valence-corrected chi connectivity index (χ2v) is 4.21. The Morgan fingerprint density at radius 1 is 1.32 bits per heavy atom. The van der Waals surface area contributed by atoms with Gasteiger partial charge in [0.1, 0.15) is 0 Å². The molecular formula is C13H19ClF2N2O. The maximum atomic E-state index is 13.0. The number of carbonyl (C=O) groups is 1. The normalized spacial score (nSPS) is 9.89. The van der Waals surface area contributed by atoms with Crippen molar-refractivity contribution in [2.75, 3.05) is 20.6 Å². The Labute approximate surface area is 118 Å². The lowest BCUT2D eigenvalue weighted by atomic mass is 10.2. The molecule has 1 aromatic rings. The van der Waals surface area contributed by atoms with Gasteiger partial charge in [-0.3, -0.25) is 4.79 Å². The summed E-state index contributed by atoms with van der Waals surface area (Å²) < 4.78 is 25.7. The lowest BCUT2D eigenvalue weighted by molar-refractivity contribution is -0.130. The first-order valence-electron chi connectivity index (χ1n) is 5.87. The van der Waals surface area contributed by atoms with Gasteiger partial charge in [-0.05, 0) is 37.7 Å². The van der Waals surface area contributed by atoms with E-state index in [2.05, 4.69) is 5.32 Å². The van der Waals surface area contributed by atoms with Crippen molar-refractivity contribution in [3.63, 3.8) is 0 Å². The van der Waals surface area contributed by atoms with E-state index in [-0.39, 0.29) is 24.9 Å². The molecule has 6 heteroatoms. The summed E-state index contributed by atoms with van der Waals surface area (Å²) in [5, 5.41) is 2.96. The summed E-state index contributed by atoms with van der Waals surface area (Å²) in [7, 11) is 3.48. The highest BCUT2D eigenvalue weighted by Crippen LogP contribution is 2.11. The van der Waals surface area contributed by atoms with Crippen LogP contribution in [0.1, 0.15) is 18.4 Å². The molecule has 3 nitrogen and oxygen atoms in total. The van der Waals surface area contributed by atoms with E-state index in [1.54, 1.807) is 7.05 Å². The topological polar surface area (TPSA) is 32.3 Å². The number of rotatable bonds is 6. The first-order valence-corrected chi connectivity index (χ1v) is 5.87. The van der Waals surface area contributed by atoms with Crippen LogP contribution in [0.3, 0.4) is 0 Å². The van der Waals surface area contributed by atoms with E-state index in [4.69, 9.17) is 0 Å². The number of nitrogens with one attached hydrogen (secondary N) is 1. The van der Waals surface area contributed by atoms with Crippen LogP contribution in [-0.4, -0.2) is 31.4 Å². The third-order valence-corrected chi connectivity index (χ3v) is 2.65. The van der Waals surface area contributed by atoms with Crippen LogP contribution in [0.25, 0.3) is 0 Å². The van der Waals surface area contributed by atoms with Crippen molar-refractivity contribution in [1.82, 2.24) is 10.2 Å². The Morgan fingerprint density at radius 2 is 2.00 bits per heavy atom. The van der Waals surface area contributed by atoms with Crippen LogP contribution in [0.2, 0.25) is 0 Å². The summed E-state index contributed by atoms with van der Waals surface area (Å²) in [6.45, 7) is 1.07. The predicted octanol–water partition coefficient (Wildman–Crippen LogP) is 2.34. The van der Waals surface area contributed by atoms with E-state index in [9.17, 15) is 13.6 Å². The highest BCUT2D eigenvalue weighted by atomic mass is 35.5. The van der Waals surface area contributed by atoms with Crippen molar-refractivity contribution >= 4 is 18.3 Å². The number of hydrogen-bond donors (Lipinski definition) is 1. The smallest absolute Gasteiger partial charge is 0.222 e. The van der Waals surface area contributed by atoms with Gasteiger partial charge in [-0.1, -0.05) is 6.07 Å². The van der Waals surface area contributed by atoms with Gasteiger partial charge in [0, 0.05) is 20.0 Å². The molecule has 0 aliphatic heterocycles. The first kappa shape index (κ1) is 17.8. The summed E-state index contributed by atoms with van der Waals surface area (Å²) in [6.07, 6.45) is 1.21. The number of hydrogen-bond acceptors (Lipinski definition) is 2. The third kappa shape index (κ3) is 5.98. The number of halogens is 3. The largest absolute Gasteiger partial charge is 0.341 e. The van der Waals surface area contributed by atoms with E-state index < -0.39 is 11.6 Å². The minimum absolute atomic E-state index is 0. The molecule has 0 saturated heterocycles. The molecule has 19 heavy (non-hydrogen) atoms. The van der Waals surface area contributed by atoms with Crippen molar-refractivity contribution in [3.05, 3.63) is 35.4 Å². The fourth-order valence-corrected chi connectivity index (χ4v) is 1.61. The van der Waals surface area contributed by atoms with Gasteiger partial charge in [-0.2, -0.15) is 0 Å². The lowest BCUT2D eigenvalue weighted by Crippen LogP contribution is -2.26. The van der Waals surface area contributed by atoms with Gasteiger partial charge in [0.25, 0.3) is 0 Å². The molecule has 0 radical (unpaired) electrons. The highest BCUT2D eigenvalue weighted by molar-refractivity contribution is 5.85. The molecule has 1 N–H and O–H groups in total. The Morgan fingerprint density at radius 3 is 2.58 bits per heavy atom. The van der Waals surface area contributed by atoms with Gasteiger partial charge in [-0.15, -0.1) is 12.4 Å². The SMILES string of the molecule is CNCCCC(=O)N(C)Cc1ccc(F)c(F)c1.Cl. The van der Waals surface area contributed by atoms with Crippen molar-refractivity contribution in [1.29, 1.82) is 0 Å². The molecule has 0 fully saturated rings. The molecular weight excluding hydrogens is 274 g/mol. The van der Waals surface area contributed by atoms with Crippen molar-refractivity contribution in [3.8, 4) is 0 Å². The zero-order valence-electron chi connectivity index (χ0n) is 11.1. The Hall–Kier alpha value is -1.20. The molecule has 0 heterocycles. The van der Waals surface area contributed by atoms with Gasteiger partial charge in [0.2, 0.25) is 5.91 Å². The molecule has 1 amide bonds. The Balaban J connectivity index is 0.00000324. The standard InChI is InChI=1S/C13H18F2N2O.ClH/c1-16-7-3-4-13(18)17(2)9-10-5-6-11(14)12(15)8-10;/h5-6,8,16H,3-4,7,9H2,1-2H3;1H. The predicted molar refractivity (Wildman–Crippen MR) is 73.2 cm³/mol. The van der Waals surface area contributed by atoms with Crippen molar-refractivity contribution < 1.29 is 13.6 Å². The molecule has 1 rings (SSSR count). The van der Waals surface area contributed by atoms with Crippen LogP contribution in [0, 0.1) is 11.6 Å². The van der Waals surface area contributed by atoms with E-state index >= 15 is 0 Å². The van der Waals surface area contributed by atoms with Crippen LogP contribution < -0.4 is 5.32 Å². The van der Waals surface area contributed by atoms with Crippen molar-refractivity contribution in [2.24, 2.45) is 0 Å². The van der Waals surface area contributed by atoms with Crippen LogP contribution >= 0.6 is 12.4 Å². The number of benzene rings is 1. The first-order chi connectivity index (χ1) is 8.54. The molecule has 0 aromatic heterocycles. The molecule has 0 atom stereocenters. The zero-order chi connectivity index (χ0) is 13.5. The second kappa shape index (κ2) is 8.82. The fourth-order valence-electron chi connectivity index (χ4n) is 1.61. The van der Waals surface area contributed by atoms with E-state index in [0.29, 0.717) is 12.0 Å². The van der Waals surface area contributed by atoms with Gasteiger partial charge in [0.15, 0.2) is 11.6 Å². The summed E-state index contributed by atoms with van der Waals surface area (Å²) in [5.41, 5.74) is 0.582. The number of amides is 1. The van der Waals surface area contributed by atoms with E-state index in [1.807, 2.05) is 7.05 Å². The quantitative estimate of drug-likeness (QED) is 0.816. The fraction of sp³-hybridized carbons (Fsp3) is 0.462. The van der Waals surface area contributed by atoms with Crippen molar-refractivity contribution in [2.45, 2.75) is 19.4 Å². The van der Waals surface area contributed by atoms with Crippen LogP contribution in [0.5, 0.6) is 0 Å². The van der Waals surface area contributed by atoms with Gasteiger partial charge < -0.3 is 10.2 Å². The van der Waals surface area contributed by atoms with Crippen LogP contribution in [-0.2, 0) is 11.3 Å². The summed E-state index contributed by atoms with van der Waals surface area (Å²) in [5.74, 6) is -1.76. The van der Waals surface area contributed by atoms with Crippen LogP contribution in [0.4, 0.5) is 8.78 Å². The maximum Gasteiger partial charge on any atom is 0.222 e. The molecule has 0 aliphatic rings. The molecule has 0 saturated carbocycles. The minimum Gasteiger partial charge on any atom is -0.341 e. The summed E-state index contributed by atoms with van der Waals surface area (Å²) in [4.78, 5) is 13.2. The lowest BCUT2D eigenvalue weighted by Gasteiger charge is -2.17. The third-order valence-electron chi connectivity index (χ3n) is 2.65. The van der Waals surface area contributed by atoms with E-state index in [0.717, 1.165) is 25.1 Å².